The van der Waals surface area contributed by atoms with Gasteiger partial charge in [-0.2, -0.15) is 0 Å². The number of fused-ring (bicyclic) bond motifs is 1. The SMILES string of the molecule is CNc1nnc(-c2ccc(Cl)s2)c2ccccc12. The van der Waals surface area contributed by atoms with Crippen LogP contribution in [0.25, 0.3) is 21.3 Å². The maximum absolute atomic E-state index is 5.98. The molecule has 0 fully saturated rings. The molecule has 0 amide bonds. The average molecular weight is 276 g/mol. The predicted octanol–water partition coefficient (Wildman–Crippen LogP) is 4.05. The average Bonchev–Trinajstić information content (AvgIpc) is 2.84. The molecule has 0 aliphatic heterocycles. The van der Waals surface area contributed by atoms with Crippen LogP contribution in [-0.2, 0) is 0 Å². The highest BCUT2D eigenvalue weighted by atomic mass is 35.5. The Morgan fingerprint density at radius 3 is 2.50 bits per heavy atom. The van der Waals surface area contributed by atoms with Gasteiger partial charge in [0.25, 0.3) is 0 Å². The Kier molecular flexibility index (Phi) is 2.89. The zero-order chi connectivity index (χ0) is 12.5. The Morgan fingerprint density at radius 2 is 1.83 bits per heavy atom. The number of nitrogens with one attached hydrogen (secondary N) is 1. The van der Waals surface area contributed by atoms with E-state index in [2.05, 4.69) is 15.5 Å². The van der Waals surface area contributed by atoms with Gasteiger partial charge in [-0.3, -0.25) is 0 Å². The minimum Gasteiger partial charge on any atom is -0.371 e. The van der Waals surface area contributed by atoms with Gasteiger partial charge in [-0.15, -0.1) is 21.5 Å². The predicted molar refractivity (Wildman–Crippen MR) is 77.4 cm³/mol. The number of benzene rings is 1. The number of halogens is 1. The van der Waals surface area contributed by atoms with Crippen LogP contribution in [0.2, 0.25) is 4.34 Å². The van der Waals surface area contributed by atoms with Crippen molar-refractivity contribution in [3.8, 4) is 10.6 Å². The summed E-state index contributed by atoms with van der Waals surface area (Å²) in [5.74, 6) is 0.789. The Labute approximate surface area is 113 Å². The van der Waals surface area contributed by atoms with Crippen LogP contribution in [0.5, 0.6) is 0 Å². The molecule has 3 rings (SSSR count). The smallest absolute Gasteiger partial charge is 0.156 e. The molecular formula is C13H10ClN3S. The lowest BCUT2D eigenvalue weighted by Crippen LogP contribution is -1.97. The number of aromatic nitrogens is 2. The lowest BCUT2D eigenvalue weighted by Gasteiger charge is -2.07. The Bertz CT molecular complexity index is 708. The van der Waals surface area contributed by atoms with Crippen molar-refractivity contribution in [1.29, 1.82) is 0 Å². The standard InChI is InChI=1S/C13H10ClN3S/c1-15-13-9-5-3-2-4-8(9)12(16-17-13)10-6-7-11(14)18-10/h2-7H,1H3,(H,15,17). The van der Waals surface area contributed by atoms with Crippen molar-refractivity contribution in [3.63, 3.8) is 0 Å². The fourth-order valence-electron chi connectivity index (χ4n) is 1.91. The first-order valence-corrected chi connectivity index (χ1v) is 6.68. The molecule has 0 atom stereocenters. The third-order valence-corrected chi connectivity index (χ3v) is 3.97. The lowest BCUT2D eigenvalue weighted by atomic mass is 10.1. The summed E-state index contributed by atoms with van der Waals surface area (Å²) in [6.45, 7) is 0. The van der Waals surface area contributed by atoms with Gasteiger partial charge in [-0.25, -0.2) is 0 Å². The van der Waals surface area contributed by atoms with E-state index in [0.717, 1.165) is 31.5 Å². The van der Waals surface area contributed by atoms with Gasteiger partial charge in [0.05, 0.1) is 9.21 Å². The third-order valence-electron chi connectivity index (χ3n) is 2.73. The summed E-state index contributed by atoms with van der Waals surface area (Å²) in [4.78, 5) is 1.03. The molecule has 3 aromatic rings. The molecule has 0 aliphatic rings. The second-order valence-electron chi connectivity index (χ2n) is 3.80. The number of thiophene rings is 1. The minimum absolute atomic E-state index is 0.758. The molecule has 0 spiro atoms. The summed E-state index contributed by atoms with van der Waals surface area (Å²) >= 11 is 7.49. The van der Waals surface area contributed by atoms with Crippen molar-refractivity contribution in [2.24, 2.45) is 0 Å². The molecule has 0 unspecified atom stereocenters. The van der Waals surface area contributed by atoms with E-state index in [-0.39, 0.29) is 0 Å². The van der Waals surface area contributed by atoms with Crippen LogP contribution in [0.4, 0.5) is 5.82 Å². The zero-order valence-corrected chi connectivity index (χ0v) is 11.2. The van der Waals surface area contributed by atoms with Gasteiger partial charge in [0.1, 0.15) is 5.69 Å². The van der Waals surface area contributed by atoms with Crippen LogP contribution in [0.15, 0.2) is 36.4 Å². The van der Waals surface area contributed by atoms with Crippen LogP contribution in [0.3, 0.4) is 0 Å². The number of rotatable bonds is 2. The number of hydrogen-bond acceptors (Lipinski definition) is 4. The third kappa shape index (κ3) is 1.83. The largest absolute Gasteiger partial charge is 0.371 e. The number of hydrogen-bond donors (Lipinski definition) is 1. The number of anilines is 1. The summed E-state index contributed by atoms with van der Waals surface area (Å²) in [6, 6.07) is 11.9. The first-order chi connectivity index (χ1) is 8.79. The summed E-state index contributed by atoms with van der Waals surface area (Å²) in [7, 11) is 1.85. The molecule has 0 bridgehead atoms. The molecule has 90 valence electrons. The molecule has 1 aromatic carbocycles. The van der Waals surface area contributed by atoms with Crippen LogP contribution in [0.1, 0.15) is 0 Å². The van der Waals surface area contributed by atoms with Crippen molar-refractivity contribution in [2.45, 2.75) is 0 Å². The molecule has 0 radical (unpaired) electrons. The van der Waals surface area contributed by atoms with Gasteiger partial charge in [0.2, 0.25) is 0 Å². The first kappa shape index (κ1) is 11.4. The van der Waals surface area contributed by atoms with E-state index in [1.165, 1.54) is 11.3 Å². The van der Waals surface area contributed by atoms with Gasteiger partial charge in [0, 0.05) is 17.8 Å². The van der Waals surface area contributed by atoms with Crippen LogP contribution < -0.4 is 5.32 Å². The molecule has 1 N–H and O–H groups in total. The highest BCUT2D eigenvalue weighted by Crippen LogP contribution is 2.35. The monoisotopic (exact) mass is 275 g/mol. The highest BCUT2D eigenvalue weighted by molar-refractivity contribution is 7.19. The molecule has 0 aliphatic carbocycles. The van der Waals surface area contributed by atoms with Gasteiger partial charge >= 0.3 is 0 Å². The van der Waals surface area contributed by atoms with Crippen molar-refractivity contribution >= 4 is 39.5 Å². The van der Waals surface area contributed by atoms with Gasteiger partial charge < -0.3 is 5.32 Å². The van der Waals surface area contributed by atoms with Crippen LogP contribution >= 0.6 is 22.9 Å². The van der Waals surface area contributed by atoms with Crippen LogP contribution in [0, 0.1) is 0 Å². The molecule has 3 nitrogen and oxygen atoms in total. The quantitative estimate of drug-likeness (QED) is 0.767. The van der Waals surface area contributed by atoms with Crippen molar-refractivity contribution in [3.05, 3.63) is 40.7 Å². The zero-order valence-electron chi connectivity index (χ0n) is 9.64. The second kappa shape index (κ2) is 4.55. The van der Waals surface area contributed by atoms with E-state index in [0.29, 0.717) is 0 Å². The van der Waals surface area contributed by atoms with Crippen LogP contribution in [-0.4, -0.2) is 17.2 Å². The summed E-state index contributed by atoms with van der Waals surface area (Å²) in [5, 5.41) is 13.7. The van der Waals surface area contributed by atoms with E-state index < -0.39 is 0 Å². The summed E-state index contributed by atoms with van der Waals surface area (Å²) in [6.07, 6.45) is 0. The van der Waals surface area contributed by atoms with E-state index in [9.17, 15) is 0 Å². The van der Waals surface area contributed by atoms with E-state index in [4.69, 9.17) is 11.6 Å². The van der Waals surface area contributed by atoms with E-state index in [1.807, 2.05) is 43.4 Å². The Hall–Kier alpha value is -1.65. The minimum atomic E-state index is 0.758. The van der Waals surface area contributed by atoms with Gasteiger partial charge in [-0.05, 0) is 12.1 Å². The molecule has 18 heavy (non-hydrogen) atoms. The number of nitrogens with zero attached hydrogens (tertiary/aromatic N) is 2. The highest BCUT2D eigenvalue weighted by Gasteiger charge is 2.11. The molecular weight excluding hydrogens is 266 g/mol. The van der Waals surface area contributed by atoms with Gasteiger partial charge in [-0.1, -0.05) is 35.9 Å². The normalized spacial score (nSPS) is 10.8. The fourth-order valence-corrected chi connectivity index (χ4v) is 2.95. The second-order valence-corrected chi connectivity index (χ2v) is 5.51. The summed E-state index contributed by atoms with van der Waals surface area (Å²) < 4.78 is 0.758. The maximum atomic E-state index is 5.98. The van der Waals surface area contributed by atoms with Gasteiger partial charge in [0.15, 0.2) is 5.82 Å². The fraction of sp³-hybridized carbons (Fsp3) is 0.0769. The summed E-state index contributed by atoms with van der Waals surface area (Å²) in [5.41, 5.74) is 0.876. The molecule has 2 aromatic heterocycles. The molecule has 0 saturated carbocycles. The molecule has 5 heteroatoms. The first-order valence-electron chi connectivity index (χ1n) is 5.48. The maximum Gasteiger partial charge on any atom is 0.156 e. The molecule has 0 saturated heterocycles. The van der Waals surface area contributed by atoms with Crippen molar-refractivity contribution in [1.82, 2.24) is 10.2 Å². The Morgan fingerprint density at radius 1 is 1.06 bits per heavy atom. The lowest BCUT2D eigenvalue weighted by molar-refractivity contribution is 1.06. The molecule has 2 heterocycles. The van der Waals surface area contributed by atoms with Crippen molar-refractivity contribution in [2.75, 3.05) is 12.4 Å². The van der Waals surface area contributed by atoms with E-state index >= 15 is 0 Å². The van der Waals surface area contributed by atoms with Crippen molar-refractivity contribution < 1.29 is 0 Å². The topological polar surface area (TPSA) is 37.8 Å². The van der Waals surface area contributed by atoms with E-state index in [1.54, 1.807) is 0 Å². The Balaban J connectivity index is 2.31.